The van der Waals surface area contributed by atoms with Crippen LogP contribution in [-0.4, -0.2) is 26.6 Å². The van der Waals surface area contributed by atoms with Crippen LogP contribution in [0.4, 0.5) is 11.5 Å². The highest BCUT2D eigenvalue weighted by Crippen LogP contribution is 2.35. The van der Waals surface area contributed by atoms with E-state index in [1.54, 1.807) is 12.1 Å². The van der Waals surface area contributed by atoms with Crippen LogP contribution in [0.2, 0.25) is 0 Å². The van der Waals surface area contributed by atoms with Gasteiger partial charge in [0, 0.05) is 6.07 Å². The lowest BCUT2D eigenvalue weighted by Crippen LogP contribution is -2.04. The quantitative estimate of drug-likeness (QED) is 0.438. The number of nitrogens with zero attached hydrogens (tertiary/aromatic N) is 5. The van der Waals surface area contributed by atoms with Crippen molar-refractivity contribution in [2.24, 2.45) is 0 Å². The predicted octanol–water partition coefficient (Wildman–Crippen LogP) is 2.94. The number of ether oxygens (including phenoxy) is 1. The van der Waals surface area contributed by atoms with Crippen molar-refractivity contribution in [1.29, 1.82) is 5.26 Å². The van der Waals surface area contributed by atoms with Crippen molar-refractivity contribution in [1.82, 2.24) is 14.5 Å². The standard InChI is InChI=1S/C18H12N6O3/c1-27-15-8-10(24(25)26)6-7-14(15)23-17(20)11(9-19)16-18(23)22-13-5-3-2-4-12(13)21-16/h2-8H,20H2,1H3. The van der Waals surface area contributed by atoms with Crippen LogP contribution in [0, 0.1) is 21.4 Å². The highest BCUT2D eigenvalue weighted by Gasteiger charge is 2.23. The molecule has 2 N–H and O–H groups in total. The van der Waals surface area contributed by atoms with Gasteiger partial charge in [0.1, 0.15) is 28.7 Å². The first kappa shape index (κ1) is 16.3. The maximum atomic E-state index is 11.0. The number of hydrogen-bond donors (Lipinski definition) is 1. The third-order valence-corrected chi connectivity index (χ3v) is 4.22. The first-order valence-electron chi connectivity index (χ1n) is 7.84. The number of anilines is 1. The molecule has 2 heterocycles. The van der Waals surface area contributed by atoms with Crippen LogP contribution in [-0.2, 0) is 0 Å². The Labute approximate surface area is 152 Å². The van der Waals surface area contributed by atoms with Crippen LogP contribution in [0.1, 0.15) is 5.56 Å². The average Bonchev–Trinajstić information content (AvgIpc) is 2.95. The molecule has 132 valence electrons. The summed E-state index contributed by atoms with van der Waals surface area (Å²) in [6.07, 6.45) is 0. The van der Waals surface area contributed by atoms with Gasteiger partial charge < -0.3 is 10.5 Å². The maximum Gasteiger partial charge on any atom is 0.273 e. The zero-order valence-electron chi connectivity index (χ0n) is 14.1. The third-order valence-electron chi connectivity index (χ3n) is 4.22. The number of non-ortho nitro benzene ring substituents is 1. The molecular formula is C18H12N6O3. The predicted molar refractivity (Wildman–Crippen MR) is 98.7 cm³/mol. The van der Waals surface area contributed by atoms with Crippen molar-refractivity contribution < 1.29 is 9.66 Å². The number of methoxy groups -OCH3 is 1. The molecule has 9 nitrogen and oxygen atoms in total. The molecule has 9 heteroatoms. The van der Waals surface area contributed by atoms with Crippen molar-refractivity contribution in [3.63, 3.8) is 0 Å². The third kappa shape index (κ3) is 2.39. The Morgan fingerprint density at radius 3 is 2.56 bits per heavy atom. The first-order chi connectivity index (χ1) is 13.0. The number of nitriles is 1. The molecule has 27 heavy (non-hydrogen) atoms. The van der Waals surface area contributed by atoms with Crippen LogP contribution in [0.25, 0.3) is 27.9 Å². The topological polar surface area (TPSA) is 133 Å². The molecule has 2 aromatic carbocycles. The van der Waals surface area contributed by atoms with Crippen molar-refractivity contribution in [2.45, 2.75) is 0 Å². The molecule has 0 aliphatic carbocycles. The number of nitro groups is 1. The lowest BCUT2D eigenvalue weighted by molar-refractivity contribution is -0.384. The summed E-state index contributed by atoms with van der Waals surface area (Å²) < 4.78 is 6.84. The van der Waals surface area contributed by atoms with Gasteiger partial charge in [0.25, 0.3) is 5.69 Å². The van der Waals surface area contributed by atoms with Gasteiger partial charge >= 0.3 is 0 Å². The Kier molecular flexibility index (Phi) is 3.60. The monoisotopic (exact) mass is 360 g/mol. The van der Waals surface area contributed by atoms with E-state index in [4.69, 9.17) is 10.5 Å². The Hall–Kier alpha value is -4.19. The molecular weight excluding hydrogens is 348 g/mol. The highest BCUT2D eigenvalue weighted by atomic mass is 16.6. The summed E-state index contributed by atoms with van der Waals surface area (Å²) in [4.78, 5) is 19.6. The summed E-state index contributed by atoms with van der Waals surface area (Å²) in [5.74, 6) is 0.363. The van der Waals surface area contributed by atoms with E-state index in [0.717, 1.165) is 0 Å². The van der Waals surface area contributed by atoms with Crippen LogP contribution in [0.5, 0.6) is 5.75 Å². The summed E-state index contributed by atoms with van der Waals surface area (Å²) in [7, 11) is 1.40. The molecule has 0 spiro atoms. The second kappa shape index (κ2) is 5.96. The van der Waals surface area contributed by atoms with Crippen LogP contribution in [0.3, 0.4) is 0 Å². The zero-order chi connectivity index (χ0) is 19.1. The fourth-order valence-corrected chi connectivity index (χ4v) is 2.98. The number of para-hydroxylation sites is 2. The fraction of sp³-hybridized carbons (Fsp3) is 0.0556. The van der Waals surface area contributed by atoms with Crippen LogP contribution in [0.15, 0.2) is 42.5 Å². The summed E-state index contributed by atoms with van der Waals surface area (Å²) in [6.45, 7) is 0. The van der Waals surface area contributed by atoms with Gasteiger partial charge in [-0.1, -0.05) is 12.1 Å². The normalized spacial score (nSPS) is 10.8. The van der Waals surface area contributed by atoms with Gasteiger partial charge in [0.15, 0.2) is 5.65 Å². The molecule has 0 amide bonds. The van der Waals surface area contributed by atoms with Gasteiger partial charge in [-0.15, -0.1) is 0 Å². The van der Waals surface area contributed by atoms with E-state index in [2.05, 4.69) is 16.0 Å². The van der Waals surface area contributed by atoms with E-state index in [0.29, 0.717) is 27.9 Å². The lowest BCUT2D eigenvalue weighted by atomic mass is 10.2. The zero-order valence-corrected chi connectivity index (χ0v) is 14.1. The van der Waals surface area contributed by atoms with E-state index in [-0.39, 0.29) is 22.8 Å². The summed E-state index contributed by atoms with van der Waals surface area (Å²) in [6, 6.07) is 13.5. The first-order valence-corrected chi connectivity index (χ1v) is 7.84. The number of hydrogen-bond acceptors (Lipinski definition) is 7. The SMILES string of the molecule is COc1cc([N+](=O)[O-])ccc1-n1c(N)c(C#N)c2nc3ccccc3nc21. The Morgan fingerprint density at radius 2 is 1.93 bits per heavy atom. The molecule has 4 rings (SSSR count). The molecule has 0 unspecified atom stereocenters. The smallest absolute Gasteiger partial charge is 0.273 e. The molecule has 0 aliphatic heterocycles. The van der Waals surface area contributed by atoms with E-state index in [1.807, 2.05) is 12.1 Å². The number of nitrogen functional groups attached to an aromatic ring is 1. The summed E-state index contributed by atoms with van der Waals surface area (Å²) in [5, 5.41) is 20.6. The molecule has 4 aromatic rings. The molecule has 0 aliphatic rings. The Bertz CT molecular complexity index is 1270. The van der Waals surface area contributed by atoms with E-state index in [1.165, 1.54) is 29.9 Å². The second-order valence-electron chi connectivity index (χ2n) is 5.71. The number of nitrogens with two attached hydrogens (primary N) is 1. The molecule has 0 saturated carbocycles. The summed E-state index contributed by atoms with van der Waals surface area (Å²) in [5.41, 5.74) is 8.70. The number of benzene rings is 2. The van der Waals surface area contributed by atoms with Gasteiger partial charge in [0.05, 0.1) is 34.8 Å². The van der Waals surface area contributed by atoms with E-state index in [9.17, 15) is 15.4 Å². The minimum Gasteiger partial charge on any atom is -0.494 e. The molecule has 0 atom stereocenters. The van der Waals surface area contributed by atoms with Gasteiger partial charge in [-0.05, 0) is 18.2 Å². The van der Waals surface area contributed by atoms with Crippen molar-refractivity contribution in [3.8, 4) is 17.5 Å². The molecule has 0 bridgehead atoms. The highest BCUT2D eigenvalue weighted by molar-refractivity contribution is 5.94. The minimum absolute atomic E-state index is 0.123. The molecule has 2 aromatic heterocycles. The van der Waals surface area contributed by atoms with Crippen molar-refractivity contribution in [2.75, 3.05) is 12.8 Å². The van der Waals surface area contributed by atoms with Gasteiger partial charge in [-0.3, -0.25) is 14.7 Å². The van der Waals surface area contributed by atoms with Crippen molar-refractivity contribution in [3.05, 3.63) is 58.1 Å². The molecule has 0 saturated heterocycles. The number of rotatable bonds is 3. The number of aromatic nitrogens is 3. The largest absolute Gasteiger partial charge is 0.494 e. The lowest BCUT2D eigenvalue weighted by Gasteiger charge is -2.12. The van der Waals surface area contributed by atoms with E-state index >= 15 is 0 Å². The number of fused-ring (bicyclic) bond motifs is 2. The number of nitro benzene ring substituents is 1. The maximum absolute atomic E-state index is 11.0. The van der Waals surface area contributed by atoms with Gasteiger partial charge in [0.2, 0.25) is 0 Å². The average molecular weight is 360 g/mol. The van der Waals surface area contributed by atoms with Gasteiger partial charge in [-0.2, -0.15) is 5.26 Å². The van der Waals surface area contributed by atoms with Gasteiger partial charge in [-0.25, -0.2) is 9.97 Å². The Balaban J connectivity index is 2.11. The van der Waals surface area contributed by atoms with E-state index < -0.39 is 4.92 Å². The fourth-order valence-electron chi connectivity index (χ4n) is 2.98. The molecule has 0 fully saturated rings. The molecule has 0 radical (unpaired) electrons. The summed E-state index contributed by atoms with van der Waals surface area (Å²) >= 11 is 0. The Morgan fingerprint density at radius 1 is 1.22 bits per heavy atom. The second-order valence-corrected chi connectivity index (χ2v) is 5.71. The van der Waals surface area contributed by atoms with Crippen LogP contribution >= 0.6 is 0 Å². The van der Waals surface area contributed by atoms with Crippen molar-refractivity contribution >= 4 is 33.7 Å². The van der Waals surface area contributed by atoms with Crippen LogP contribution < -0.4 is 10.5 Å². The minimum atomic E-state index is -0.516.